The number of hydrogen-bond donors (Lipinski definition) is 1. The van der Waals surface area contributed by atoms with Gasteiger partial charge < -0.3 is 20.1 Å². The summed E-state index contributed by atoms with van der Waals surface area (Å²) in [7, 11) is 4.86. The number of aryl methyl sites for hydroxylation is 1. The number of aromatic nitrogens is 3. The number of ether oxygens (including phenoxy) is 3. The Bertz CT molecular complexity index is 943. The number of nitrogens with two attached hydrogens (primary N) is 1. The fraction of sp³-hybridized carbons (Fsp3) is 0.263. The lowest BCUT2D eigenvalue weighted by molar-refractivity contribution is 0.395. The molecule has 0 radical (unpaired) electrons. The molecule has 1 heterocycles. The van der Waals surface area contributed by atoms with Gasteiger partial charge in [0.15, 0.2) is 5.82 Å². The van der Waals surface area contributed by atoms with E-state index in [2.05, 4.69) is 16.3 Å². The van der Waals surface area contributed by atoms with E-state index in [0.717, 1.165) is 16.9 Å². The van der Waals surface area contributed by atoms with Crippen LogP contribution in [0.15, 0.2) is 41.6 Å². The van der Waals surface area contributed by atoms with Crippen molar-refractivity contribution in [1.29, 1.82) is 0 Å². The molecule has 0 atom stereocenters. The Morgan fingerprint density at radius 3 is 2.44 bits per heavy atom. The van der Waals surface area contributed by atoms with Gasteiger partial charge in [0.25, 0.3) is 0 Å². The highest BCUT2D eigenvalue weighted by Gasteiger charge is 2.17. The van der Waals surface area contributed by atoms with Crippen LogP contribution < -0.4 is 20.1 Å². The van der Waals surface area contributed by atoms with E-state index in [9.17, 15) is 0 Å². The second-order valence-electron chi connectivity index (χ2n) is 5.85. The summed E-state index contributed by atoms with van der Waals surface area (Å²) in [5.41, 5.74) is 2.99. The Labute approximate surface area is 162 Å². The molecule has 1 aromatic heterocycles. The Morgan fingerprint density at radius 1 is 0.963 bits per heavy atom. The highest BCUT2D eigenvalue weighted by atomic mass is 32.2. The Balaban J connectivity index is 1.85. The fourth-order valence-corrected chi connectivity index (χ4v) is 3.54. The first-order chi connectivity index (χ1) is 13.1. The van der Waals surface area contributed by atoms with Gasteiger partial charge in [-0.15, -0.1) is 10.2 Å². The smallest absolute Gasteiger partial charge is 0.210 e. The highest BCUT2D eigenvalue weighted by molar-refractivity contribution is 7.98. The maximum absolute atomic E-state index is 6.25. The van der Waals surface area contributed by atoms with Gasteiger partial charge in [-0.05, 0) is 25.1 Å². The maximum atomic E-state index is 6.25. The lowest BCUT2D eigenvalue weighted by atomic mass is 10.1. The number of methoxy groups -OCH3 is 3. The molecule has 0 saturated heterocycles. The van der Waals surface area contributed by atoms with Gasteiger partial charge in [0.2, 0.25) is 5.16 Å². The predicted molar refractivity (Wildman–Crippen MR) is 106 cm³/mol. The third-order valence-corrected chi connectivity index (χ3v) is 5.10. The number of rotatable bonds is 7. The molecule has 27 heavy (non-hydrogen) atoms. The molecule has 7 nitrogen and oxygen atoms in total. The van der Waals surface area contributed by atoms with Crippen molar-refractivity contribution in [2.24, 2.45) is 0 Å². The van der Waals surface area contributed by atoms with Crippen LogP contribution in [0, 0.1) is 6.92 Å². The van der Waals surface area contributed by atoms with Gasteiger partial charge in [0.1, 0.15) is 17.2 Å². The van der Waals surface area contributed by atoms with Crippen LogP contribution in [0.1, 0.15) is 11.1 Å². The molecule has 2 N–H and O–H groups in total. The Hall–Kier alpha value is -2.87. The molecule has 0 spiro atoms. The zero-order valence-electron chi connectivity index (χ0n) is 15.7. The van der Waals surface area contributed by atoms with Crippen molar-refractivity contribution < 1.29 is 14.2 Å². The zero-order chi connectivity index (χ0) is 19.4. The van der Waals surface area contributed by atoms with Gasteiger partial charge >= 0.3 is 0 Å². The molecule has 2 aromatic carbocycles. The zero-order valence-corrected chi connectivity index (χ0v) is 16.5. The lowest BCUT2D eigenvalue weighted by Crippen LogP contribution is -2.12. The first-order valence-corrected chi connectivity index (χ1v) is 9.25. The minimum atomic E-state index is 0.521. The predicted octanol–water partition coefficient (Wildman–Crippen LogP) is 3.29. The summed E-state index contributed by atoms with van der Waals surface area (Å²) >= 11 is 1.49. The molecular formula is C19H22N4O3S. The molecule has 0 fully saturated rings. The van der Waals surface area contributed by atoms with E-state index < -0.39 is 0 Å². The summed E-state index contributed by atoms with van der Waals surface area (Å²) in [6.07, 6.45) is 0. The Kier molecular flexibility index (Phi) is 5.75. The van der Waals surface area contributed by atoms with Crippen molar-refractivity contribution in [3.05, 3.63) is 47.5 Å². The van der Waals surface area contributed by atoms with Crippen molar-refractivity contribution in [2.45, 2.75) is 17.8 Å². The number of nitrogens with zero attached hydrogens (tertiary/aromatic N) is 3. The van der Waals surface area contributed by atoms with Crippen LogP contribution in [0.3, 0.4) is 0 Å². The van der Waals surface area contributed by atoms with Gasteiger partial charge in [0, 0.05) is 17.4 Å². The summed E-state index contributed by atoms with van der Waals surface area (Å²) < 4.78 is 17.6. The number of hydrogen-bond acceptors (Lipinski definition) is 7. The molecule has 3 rings (SSSR count). The largest absolute Gasteiger partial charge is 0.497 e. The van der Waals surface area contributed by atoms with Gasteiger partial charge in [-0.25, -0.2) is 4.68 Å². The summed E-state index contributed by atoms with van der Waals surface area (Å²) in [6.45, 7) is 2.05. The molecule has 0 aliphatic rings. The molecule has 0 aliphatic carbocycles. The van der Waals surface area contributed by atoms with E-state index in [1.54, 1.807) is 27.4 Å². The first-order valence-electron chi connectivity index (χ1n) is 8.26. The van der Waals surface area contributed by atoms with Crippen LogP contribution in [0.5, 0.6) is 17.2 Å². The normalized spacial score (nSPS) is 10.7. The second kappa shape index (κ2) is 8.22. The molecule has 142 valence electrons. The molecule has 0 aliphatic heterocycles. The van der Waals surface area contributed by atoms with Crippen LogP contribution in [0.2, 0.25) is 0 Å². The first kappa shape index (κ1) is 18.9. The van der Waals surface area contributed by atoms with Crippen LogP contribution in [0.4, 0.5) is 0 Å². The summed E-state index contributed by atoms with van der Waals surface area (Å²) in [5, 5.41) is 9.07. The molecule has 0 bridgehead atoms. The van der Waals surface area contributed by atoms with Crippen molar-refractivity contribution >= 4 is 11.8 Å². The van der Waals surface area contributed by atoms with Crippen molar-refractivity contribution in [2.75, 3.05) is 27.2 Å². The van der Waals surface area contributed by atoms with Crippen LogP contribution in [-0.4, -0.2) is 36.2 Å². The number of nitrogen functional groups attached to an aromatic ring is 1. The maximum Gasteiger partial charge on any atom is 0.210 e. The topological polar surface area (TPSA) is 84.4 Å². The second-order valence-corrected chi connectivity index (χ2v) is 6.79. The number of thioether (sulfide) groups is 1. The SMILES string of the molecule is COc1ccc(-c2nnc(SCc3cc(C)ccc3OC)n2N)c(OC)c1. The van der Waals surface area contributed by atoms with Gasteiger partial charge in [-0.3, -0.25) is 0 Å². The quantitative estimate of drug-likeness (QED) is 0.493. The van der Waals surface area contributed by atoms with Crippen molar-refractivity contribution in [3.8, 4) is 28.6 Å². The minimum absolute atomic E-state index is 0.521. The van der Waals surface area contributed by atoms with Gasteiger partial charge in [-0.2, -0.15) is 0 Å². The summed E-state index contributed by atoms with van der Waals surface area (Å²) in [5.74, 6) is 9.59. The van der Waals surface area contributed by atoms with E-state index in [4.69, 9.17) is 20.1 Å². The average Bonchev–Trinajstić information content (AvgIpc) is 3.06. The summed E-state index contributed by atoms with van der Waals surface area (Å²) in [6, 6.07) is 11.5. The highest BCUT2D eigenvalue weighted by Crippen LogP contribution is 2.34. The van der Waals surface area contributed by atoms with Crippen LogP contribution >= 0.6 is 11.8 Å². The molecular weight excluding hydrogens is 364 g/mol. The van der Waals surface area contributed by atoms with E-state index in [1.165, 1.54) is 22.0 Å². The van der Waals surface area contributed by atoms with Gasteiger partial charge in [-0.1, -0.05) is 29.5 Å². The average molecular weight is 386 g/mol. The molecule has 8 heteroatoms. The molecule has 0 saturated carbocycles. The standard InChI is InChI=1S/C19H22N4O3S/c1-12-5-8-16(25-3)13(9-12)11-27-19-22-21-18(23(19)20)15-7-6-14(24-2)10-17(15)26-4/h5-10H,11,20H2,1-4H3. The van der Waals surface area contributed by atoms with E-state index in [1.807, 2.05) is 31.2 Å². The fourth-order valence-electron chi connectivity index (χ4n) is 2.70. The third kappa shape index (κ3) is 3.95. The number of benzene rings is 2. The molecule has 0 unspecified atom stereocenters. The monoisotopic (exact) mass is 386 g/mol. The van der Waals surface area contributed by atoms with Crippen LogP contribution in [0.25, 0.3) is 11.4 Å². The van der Waals surface area contributed by atoms with E-state index in [0.29, 0.717) is 28.2 Å². The van der Waals surface area contributed by atoms with E-state index >= 15 is 0 Å². The van der Waals surface area contributed by atoms with Gasteiger partial charge in [0.05, 0.1) is 26.9 Å². The lowest BCUT2D eigenvalue weighted by Gasteiger charge is -2.11. The molecule has 3 aromatic rings. The van der Waals surface area contributed by atoms with Crippen LogP contribution in [-0.2, 0) is 5.75 Å². The Morgan fingerprint density at radius 2 is 1.74 bits per heavy atom. The minimum Gasteiger partial charge on any atom is -0.497 e. The van der Waals surface area contributed by atoms with E-state index in [-0.39, 0.29) is 0 Å². The summed E-state index contributed by atoms with van der Waals surface area (Å²) in [4.78, 5) is 0. The molecule has 0 amide bonds. The van der Waals surface area contributed by atoms with Crippen molar-refractivity contribution in [3.63, 3.8) is 0 Å². The van der Waals surface area contributed by atoms with Crippen molar-refractivity contribution in [1.82, 2.24) is 14.9 Å². The third-order valence-electron chi connectivity index (χ3n) is 4.11.